The minimum atomic E-state index is -0.289. The summed E-state index contributed by atoms with van der Waals surface area (Å²) < 4.78 is 9.11. The lowest BCUT2D eigenvalue weighted by Crippen LogP contribution is -2.16. The quantitative estimate of drug-likeness (QED) is 0.607. The summed E-state index contributed by atoms with van der Waals surface area (Å²) >= 11 is 0. The van der Waals surface area contributed by atoms with Crippen molar-refractivity contribution in [2.75, 3.05) is 11.9 Å². The number of hydrogen-bond donors (Lipinski definition) is 1. The van der Waals surface area contributed by atoms with E-state index in [1.54, 1.807) is 23.3 Å². The van der Waals surface area contributed by atoms with Crippen LogP contribution in [-0.4, -0.2) is 36.8 Å². The zero-order valence-corrected chi connectivity index (χ0v) is 14.4. The fourth-order valence-electron chi connectivity index (χ4n) is 3.12. The fourth-order valence-corrected chi connectivity index (χ4v) is 3.12. The molecule has 4 heterocycles. The van der Waals surface area contributed by atoms with E-state index < -0.39 is 0 Å². The summed E-state index contributed by atoms with van der Waals surface area (Å²) in [6.07, 6.45) is 4.25. The molecule has 134 valence electrons. The highest BCUT2D eigenvalue weighted by Crippen LogP contribution is 2.20. The van der Waals surface area contributed by atoms with Gasteiger partial charge in [0.2, 0.25) is 5.88 Å². The number of anilines is 1. The number of aromatic nitrogens is 5. The minimum absolute atomic E-state index is 0.289. The van der Waals surface area contributed by atoms with Crippen LogP contribution in [0.1, 0.15) is 16.9 Å². The Morgan fingerprint density at radius 1 is 1.15 bits per heavy atom. The van der Waals surface area contributed by atoms with Gasteiger partial charge in [-0.2, -0.15) is 5.10 Å². The predicted molar refractivity (Wildman–Crippen MR) is 99.2 cm³/mol. The fraction of sp³-hybridized carbons (Fsp3) is 0.158. The lowest BCUT2D eigenvalue weighted by Gasteiger charge is -2.13. The molecule has 4 aromatic rings. The number of para-hydroxylation sites is 2. The Morgan fingerprint density at radius 3 is 2.93 bits per heavy atom. The van der Waals surface area contributed by atoms with E-state index in [0.717, 1.165) is 29.8 Å². The van der Waals surface area contributed by atoms with Crippen molar-refractivity contribution in [3.05, 3.63) is 60.7 Å². The van der Waals surface area contributed by atoms with Gasteiger partial charge in [0, 0.05) is 19.0 Å². The van der Waals surface area contributed by atoms with Gasteiger partial charge in [0.25, 0.3) is 5.91 Å². The molecule has 3 aromatic heterocycles. The van der Waals surface area contributed by atoms with Crippen molar-refractivity contribution < 1.29 is 9.53 Å². The molecule has 0 fully saturated rings. The number of rotatable bonds is 3. The average Bonchev–Trinajstić information content (AvgIpc) is 3.33. The number of carbonyl (C=O) groups is 1. The second kappa shape index (κ2) is 6.24. The maximum Gasteiger partial charge on any atom is 0.276 e. The van der Waals surface area contributed by atoms with Crippen LogP contribution in [0.25, 0.3) is 16.9 Å². The molecule has 1 N–H and O–H groups in total. The van der Waals surface area contributed by atoms with Crippen molar-refractivity contribution in [2.24, 2.45) is 0 Å². The van der Waals surface area contributed by atoms with Crippen LogP contribution in [0, 0.1) is 0 Å². The molecule has 0 unspecified atom stereocenters. The second-order valence-electron chi connectivity index (χ2n) is 6.26. The van der Waals surface area contributed by atoms with Crippen LogP contribution < -0.4 is 10.1 Å². The summed E-state index contributed by atoms with van der Waals surface area (Å²) in [4.78, 5) is 21.2. The number of carbonyl (C=O) groups excluding carboxylic acids is 1. The number of aryl methyl sites for hydroxylation is 1. The first-order chi connectivity index (χ1) is 13.3. The summed E-state index contributed by atoms with van der Waals surface area (Å²) in [5, 5.41) is 7.11. The zero-order valence-electron chi connectivity index (χ0n) is 14.4. The summed E-state index contributed by atoms with van der Waals surface area (Å²) in [5.41, 5.74) is 2.81. The van der Waals surface area contributed by atoms with Crippen molar-refractivity contribution in [1.29, 1.82) is 0 Å². The van der Waals surface area contributed by atoms with Crippen LogP contribution in [0.2, 0.25) is 0 Å². The van der Waals surface area contributed by atoms with Gasteiger partial charge in [-0.1, -0.05) is 12.1 Å². The minimum Gasteiger partial charge on any atom is -0.478 e. The van der Waals surface area contributed by atoms with Gasteiger partial charge < -0.3 is 10.1 Å². The lowest BCUT2D eigenvalue weighted by molar-refractivity contribution is 0.102. The maximum atomic E-state index is 12.4. The van der Waals surface area contributed by atoms with Gasteiger partial charge in [-0.3, -0.25) is 9.36 Å². The molecule has 8 nitrogen and oxygen atoms in total. The van der Waals surface area contributed by atoms with Crippen molar-refractivity contribution in [3.63, 3.8) is 0 Å². The molecule has 0 bridgehead atoms. The third-order valence-corrected chi connectivity index (χ3v) is 4.45. The average molecular weight is 360 g/mol. The Morgan fingerprint density at radius 2 is 2.07 bits per heavy atom. The molecule has 1 aromatic carbocycles. The van der Waals surface area contributed by atoms with Gasteiger partial charge in [0.05, 0.1) is 29.5 Å². The second-order valence-corrected chi connectivity index (χ2v) is 6.26. The highest BCUT2D eigenvalue weighted by atomic mass is 16.5. The van der Waals surface area contributed by atoms with Crippen LogP contribution in [0.4, 0.5) is 5.69 Å². The molecule has 1 amide bonds. The molecule has 27 heavy (non-hydrogen) atoms. The topological polar surface area (TPSA) is 86.9 Å². The summed E-state index contributed by atoms with van der Waals surface area (Å²) in [7, 11) is 0. The normalized spacial score (nSPS) is 13.2. The van der Waals surface area contributed by atoms with Gasteiger partial charge in [-0.15, -0.1) is 0 Å². The van der Waals surface area contributed by atoms with E-state index in [-0.39, 0.29) is 5.91 Å². The third-order valence-electron chi connectivity index (χ3n) is 4.45. The monoisotopic (exact) mass is 360 g/mol. The molecule has 0 radical (unpaired) electrons. The Balaban J connectivity index is 1.36. The third kappa shape index (κ3) is 2.80. The van der Waals surface area contributed by atoms with Crippen molar-refractivity contribution in [1.82, 2.24) is 24.3 Å². The van der Waals surface area contributed by atoms with E-state index >= 15 is 0 Å². The first-order valence-electron chi connectivity index (χ1n) is 8.68. The van der Waals surface area contributed by atoms with E-state index in [1.165, 1.54) is 0 Å². The van der Waals surface area contributed by atoms with E-state index in [1.807, 2.05) is 41.0 Å². The van der Waals surface area contributed by atoms with Crippen LogP contribution >= 0.6 is 0 Å². The van der Waals surface area contributed by atoms with Crippen LogP contribution in [-0.2, 0) is 6.54 Å². The Labute approximate surface area is 154 Å². The van der Waals surface area contributed by atoms with Crippen molar-refractivity contribution in [2.45, 2.75) is 13.0 Å². The smallest absolute Gasteiger partial charge is 0.276 e. The van der Waals surface area contributed by atoms with E-state index in [0.29, 0.717) is 23.9 Å². The summed E-state index contributed by atoms with van der Waals surface area (Å²) in [6, 6.07) is 13.2. The van der Waals surface area contributed by atoms with Gasteiger partial charge >= 0.3 is 0 Å². The summed E-state index contributed by atoms with van der Waals surface area (Å²) in [5.74, 6) is 1.07. The molecular weight excluding hydrogens is 344 g/mol. The zero-order chi connectivity index (χ0) is 18.2. The first kappa shape index (κ1) is 15.6. The van der Waals surface area contributed by atoms with Gasteiger partial charge in [0.15, 0.2) is 5.69 Å². The number of benzene rings is 1. The Kier molecular flexibility index (Phi) is 3.60. The van der Waals surface area contributed by atoms with Gasteiger partial charge in [0.1, 0.15) is 12.1 Å². The molecular formula is C19H16N6O2. The number of pyridine rings is 1. The van der Waals surface area contributed by atoms with Crippen LogP contribution in [0.15, 0.2) is 55.0 Å². The number of hydrogen-bond acceptors (Lipinski definition) is 5. The number of fused-ring (bicyclic) bond motifs is 2. The molecule has 0 saturated heterocycles. The lowest BCUT2D eigenvalue weighted by atomic mass is 10.3. The molecule has 1 aliphatic heterocycles. The maximum absolute atomic E-state index is 12.4. The van der Waals surface area contributed by atoms with E-state index in [9.17, 15) is 4.79 Å². The number of nitrogens with one attached hydrogen (secondary N) is 1. The number of imidazole rings is 1. The number of amides is 1. The van der Waals surface area contributed by atoms with Gasteiger partial charge in [-0.25, -0.2) is 14.6 Å². The Hall–Kier alpha value is -3.68. The highest BCUT2D eigenvalue weighted by Gasteiger charge is 2.18. The molecule has 5 rings (SSSR count). The van der Waals surface area contributed by atoms with Crippen molar-refractivity contribution >= 4 is 22.6 Å². The standard InChI is InChI=1S/C19H16N6O2/c26-19(15-10-18-25(23-15)8-3-9-27-18)22-13-6-7-17(20-11-13)24-12-21-14-4-1-2-5-16(14)24/h1-2,4-7,10-12H,3,8-9H2,(H,22,26). The van der Waals surface area contributed by atoms with Crippen LogP contribution in [0.5, 0.6) is 5.88 Å². The van der Waals surface area contributed by atoms with Crippen LogP contribution in [0.3, 0.4) is 0 Å². The predicted octanol–water partition coefficient (Wildman–Crippen LogP) is 2.65. The van der Waals surface area contributed by atoms with Crippen molar-refractivity contribution in [3.8, 4) is 11.7 Å². The molecule has 0 saturated carbocycles. The SMILES string of the molecule is O=C(Nc1ccc(-n2cnc3ccccc32)nc1)c1cc2n(n1)CCCO2. The number of ether oxygens (including phenoxy) is 1. The first-order valence-corrected chi connectivity index (χ1v) is 8.68. The summed E-state index contributed by atoms with van der Waals surface area (Å²) in [6.45, 7) is 1.42. The molecule has 0 atom stereocenters. The Bertz CT molecular complexity index is 1110. The van der Waals surface area contributed by atoms with Gasteiger partial charge in [-0.05, 0) is 24.3 Å². The largest absolute Gasteiger partial charge is 0.478 e. The van der Waals surface area contributed by atoms with E-state index in [4.69, 9.17) is 4.74 Å². The molecule has 1 aliphatic rings. The molecule has 0 spiro atoms. The molecule has 0 aliphatic carbocycles. The van der Waals surface area contributed by atoms with E-state index in [2.05, 4.69) is 20.4 Å². The number of nitrogens with zero attached hydrogens (tertiary/aromatic N) is 5. The molecule has 8 heteroatoms. The highest BCUT2D eigenvalue weighted by molar-refractivity contribution is 6.03.